The molecule has 1 aromatic heterocycles. The molecule has 0 bridgehead atoms. The van der Waals surface area contributed by atoms with Gasteiger partial charge in [0.25, 0.3) is 0 Å². The molecule has 4 N–H and O–H groups in total. The molecule has 0 aliphatic carbocycles. The lowest BCUT2D eigenvalue weighted by Gasteiger charge is -2.09. The average Bonchev–Trinajstić information content (AvgIpc) is 2.13. The Morgan fingerprint density at radius 2 is 2.00 bits per heavy atom. The minimum absolute atomic E-state index is 0.381. The van der Waals surface area contributed by atoms with E-state index in [9.17, 15) is 0 Å². The van der Waals surface area contributed by atoms with E-state index in [1.807, 2.05) is 0 Å². The summed E-state index contributed by atoms with van der Waals surface area (Å²) in [6.45, 7) is 2.82. The van der Waals surface area contributed by atoms with Crippen molar-refractivity contribution in [3.63, 3.8) is 0 Å². The highest BCUT2D eigenvalue weighted by molar-refractivity contribution is 7.99. The van der Waals surface area contributed by atoms with E-state index in [1.165, 1.54) is 0 Å². The van der Waals surface area contributed by atoms with E-state index in [1.54, 1.807) is 24.9 Å². The normalized spacial score (nSPS) is 12.7. The first-order valence-electron chi connectivity index (χ1n) is 4.67. The van der Waals surface area contributed by atoms with E-state index in [-0.39, 0.29) is 0 Å². The number of aromatic nitrogens is 2. The van der Waals surface area contributed by atoms with E-state index in [2.05, 4.69) is 16.9 Å². The van der Waals surface area contributed by atoms with Gasteiger partial charge in [-0.05, 0) is 6.42 Å². The van der Waals surface area contributed by atoms with Gasteiger partial charge in [-0.15, -0.1) is 0 Å². The molecule has 0 amide bonds. The summed E-state index contributed by atoms with van der Waals surface area (Å²) >= 11 is 1.55. The number of rotatable bonds is 5. The molecule has 0 radical (unpaired) electrons. The lowest BCUT2D eigenvalue weighted by atomic mass is 10.3. The van der Waals surface area contributed by atoms with Crippen molar-refractivity contribution in [1.82, 2.24) is 9.97 Å². The van der Waals surface area contributed by atoms with Gasteiger partial charge in [-0.3, -0.25) is 0 Å². The Labute approximate surface area is 93.6 Å². The second-order valence-corrected chi connectivity index (χ2v) is 4.62. The van der Waals surface area contributed by atoms with E-state index < -0.39 is 0 Å². The highest BCUT2D eigenvalue weighted by Gasteiger charge is 2.07. The Kier molecular flexibility index (Phi) is 4.64. The summed E-state index contributed by atoms with van der Waals surface area (Å²) in [6.07, 6.45) is 0.944. The molecule has 1 aromatic rings. The van der Waals surface area contributed by atoms with Gasteiger partial charge in [-0.25, -0.2) is 9.97 Å². The maximum absolute atomic E-state index is 5.57. The fourth-order valence-corrected chi connectivity index (χ4v) is 1.93. The monoisotopic (exact) mass is 228 g/mol. The second-order valence-electron chi connectivity index (χ2n) is 3.21. The highest BCUT2D eigenvalue weighted by Crippen LogP contribution is 2.23. The average molecular weight is 228 g/mol. The van der Waals surface area contributed by atoms with Crippen LogP contribution in [0.3, 0.4) is 0 Å². The Morgan fingerprint density at radius 1 is 1.40 bits per heavy atom. The lowest BCUT2D eigenvalue weighted by Crippen LogP contribution is -2.05. The predicted molar refractivity (Wildman–Crippen MR) is 62.7 cm³/mol. The van der Waals surface area contributed by atoms with Crippen LogP contribution in [-0.4, -0.2) is 28.9 Å². The maximum atomic E-state index is 5.57. The largest absolute Gasteiger partial charge is 0.385 e. The molecule has 1 rings (SSSR count). The zero-order valence-corrected chi connectivity index (χ0v) is 9.75. The van der Waals surface area contributed by atoms with Crippen LogP contribution in [0.5, 0.6) is 0 Å². The molecule has 0 aliphatic heterocycles. The number of nitrogens with zero attached hydrogens (tertiary/aromatic N) is 2. The Bertz CT molecular complexity index is 301. The minimum atomic E-state index is 0.381. The molecule has 1 heterocycles. The molecule has 0 aromatic carbocycles. The van der Waals surface area contributed by atoms with Gasteiger partial charge in [0.2, 0.25) is 0 Å². The van der Waals surface area contributed by atoms with Gasteiger partial charge in [-0.1, -0.05) is 18.7 Å². The lowest BCUT2D eigenvalue weighted by molar-refractivity contribution is 0.195. The van der Waals surface area contributed by atoms with Crippen molar-refractivity contribution in [3.05, 3.63) is 6.07 Å². The number of hydrogen-bond donors (Lipinski definition) is 2. The van der Waals surface area contributed by atoms with Gasteiger partial charge >= 0.3 is 0 Å². The van der Waals surface area contributed by atoms with Crippen LogP contribution in [0.25, 0.3) is 0 Å². The minimum Gasteiger partial charge on any atom is -0.385 e. The molecule has 0 saturated carbocycles. The molecular formula is C9H16N4OS. The zero-order valence-electron chi connectivity index (χ0n) is 8.93. The Hall–Kier alpha value is -1.01. The van der Waals surface area contributed by atoms with Crippen molar-refractivity contribution in [2.45, 2.75) is 23.8 Å². The van der Waals surface area contributed by atoms with E-state index in [4.69, 9.17) is 16.2 Å². The number of hydrogen-bond acceptors (Lipinski definition) is 6. The van der Waals surface area contributed by atoms with E-state index in [0.717, 1.165) is 13.0 Å². The molecular weight excluding hydrogens is 212 g/mol. The van der Waals surface area contributed by atoms with Gasteiger partial charge in [0.15, 0.2) is 5.16 Å². The molecule has 5 nitrogen and oxygen atoms in total. The third-order valence-electron chi connectivity index (χ3n) is 1.78. The third-order valence-corrected chi connectivity index (χ3v) is 2.81. The van der Waals surface area contributed by atoms with Crippen LogP contribution in [0.1, 0.15) is 13.3 Å². The first-order valence-corrected chi connectivity index (χ1v) is 5.55. The SMILES string of the molecule is COCCC(C)Sc1nc(N)cc(N)n1. The fraction of sp³-hybridized carbons (Fsp3) is 0.556. The highest BCUT2D eigenvalue weighted by atomic mass is 32.2. The van der Waals surface area contributed by atoms with Crippen molar-refractivity contribution in [3.8, 4) is 0 Å². The van der Waals surface area contributed by atoms with Crippen LogP contribution in [0, 0.1) is 0 Å². The van der Waals surface area contributed by atoms with Gasteiger partial charge in [0.1, 0.15) is 11.6 Å². The first-order chi connectivity index (χ1) is 7.11. The second kappa shape index (κ2) is 5.77. The zero-order chi connectivity index (χ0) is 11.3. The summed E-state index contributed by atoms with van der Waals surface area (Å²) in [6, 6.07) is 1.55. The van der Waals surface area contributed by atoms with Gasteiger partial charge in [0, 0.05) is 25.0 Å². The molecule has 1 atom stereocenters. The summed E-state index contributed by atoms with van der Waals surface area (Å²) in [5.74, 6) is 0.813. The quantitative estimate of drug-likeness (QED) is 0.581. The molecule has 0 aliphatic rings. The van der Waals surface area contributed by atoms with Crippen molar-refractivity contribution < 1.29 is 4.74 Å². The topological polar surface area (TPSA) is 87.0 Å². The third kappa shape index (κ3) is 4.35. The number of nitrogens with two attached hydrogens (primary N) is 2. The van der Waals surface area contributed by atoms with E-state index in [0.29, 0.717) is 22.0 Å². The molecule has 15 heavy (non-hydrogen) atoms. The molecule has 6 heteroatoms. The summed E-state index contributed by atoms with van der Waals surface area (Å²) in [4.78, 5) is 8.18. The molecule has 0 spiro atoms. The van der Waals surface area contributed by atoms with Crippen LogP contribution in [0.2, 0.25) is 0 Å². The Balaban J connectivity index is 2.56. The standard InChI is InChI=1S/C9H16N4OS/c1-6(3-4-14-2)15-9-12-7(10)5-8(11)13-9/h5-6H,3-4H2,1-2H3,(H4,10,11,12,13). The van der Waals surface area contributed by atoms with Crippen molar-refractivity contribution in [1.29, 1.82) is 0 Å². The maximum Gasteiger partial charge on any atom is 0.191 e. The van der Waals surface area contributed by atoms with Crippen LogP contribution >= 0.6 is 11.8 Å². The molecule has 1 unspecified atom stereocenters. The number of anilines is 2. The Morgan fingerprint density at radius 3 is 2.53 bits per heavy atom. The van der Waals surface area contributed by atoms with E-state index >= 15 is 0 Å². The molecule has 0 fully saturated rings. The smallest absolute Gasteiger partial charge is 0.191 e. The summed E-state index contributed by atoms with van der Waals surface area (Å²) < 4.78 is 4.99. The number of ether oxygens (including phenoxy) is 1. The van der Waals surface area contributed by atoms with Crippen molar-refractivity contribution in [2.75, 3.05) is 25.2 Å². The van der Waals surface area contributed by atoms with Crippen LogP contribution in [0.4, 0.5) is 11.6 Å². The van der Waals surface area contributed by atoms with Crippen LogP contribution in [-0.2, 0) is 4.74 Å². The van der Waals surface area contributed by atoms with Crippen LogP contribution < -0.4 is 11.5 Å². The number of methoxy groups -OCH3 is 1. The van der Waals surface area contributed by atoms with Gasteiger partial charge in [0.05, 0.1) is 0 Å². The van der Waals surface area contributed by atoms with Crippen LogP contribution in [0.15, 0.2) is 11.2 Å². The van der Waals surface area contributed by atoms with Gasteiger partial charge in [-0.2, -0.15) is 0 Å². The number of thioether (sulfide) groups is 1. The van der Waals surface area contributed by atoms with Gasteiger partial charge < -0.3 is 16.2 Å². The summed E-state index contributed by atoms with van der Waals surface area (Å²) in [7, 11) is 1.69. The molecule has 84 valence electrons. The number of nitrogen functional groups attached to an aromatic ring is 2. The van der Waals surface area contributed by atoms with Crippen molar-refractivity contribution in [2.24, 2.45) is 0 Å². The fourth-order valence-electron chi connectivity index (χ4n) is 1.04. The first kappa shape index (κ1) is 12.1. The van der Waals surface area contributed by atoms with Crippen molar-refractivity contribution >= 4 is 23.4 Å². The summed E-state index contributed by atoms with van der Waals surface area (Å²) in [5.41, 5.74) is 11.1. The molecule has 0 saturated heterocycles. The summed E-state index contributed by atoms with van der Waals surface area (Å²) in [5, 5.41) is 1.00. The predicted octanol–water partition coefficient (Wildman–Crippen LogP) is 1.16.